The third-order valence-corrected chi connectivity index (χ3v) is 3.32. The lowest BCUT2D eigenvalue weighted by molar-refractivity contribution is 0.328. The van der Waals surface area contributed by atoms with Crippen LogP contribution < -0.4 is 15.8 Å². The average molecular weight is 250 g/mol. The van der Waals surface area contributed by atoms with Crippen molar-refractivity contribution in [3.63, 3.8) is 0 Å². The van der Waals surface area contributed by atoms with Gasteiger partial charge in [0.15, 0.2) is 5.82 Å². The molecule has 3 N–H and O–H groups in total. The van der Waals surface area contributed by atoms with Crippen LogP contribution >= 0.6 is 0 Å². The lowest BCUT2D eigenvalue weighted by Gasteiger charge is -2.18. The molecule has 0 atom stereocenters. The minimum Gasteiger partial charge on any atom is -0.476 e. The number of hydrogen-bond acceptors (Lipinski definition) is 5. The van der Waals surface area contributed by atoms with Gasteiger partial charge in [-0.25, -0.2) is 4.98 Å². The molecule has 5 nitrogen and oxygen atoms in total. The normalized spacial score (nSPS) is 17.2. The summed E-state index contributed by atoms with van der Waals surface area (Å²) < 4.78 is 5.38. The summed E-state index contributed by atoms with van der Waals surface area (Å²) in [5.41, 5.74) is 6.53. The number of ether oxygens (including phenoxy) is 1. The van der Waals surface area contributed by atoms with Crippen molar-refractivity contribution >= 4 is 11.5 Å². The minimum absolute atomic E-state index is 0.471. The van der Waals surface area contributed by atoms with Gasteiger partial charge in [-0.05, 0) is 19.8 Å². The Kier molecular flexibility index (Phi) is 4.61. The highest BCUT2D eigenvalue weighted by Crippen LogP contribution is 2.27. The summed E-state index contributed by atoms with van der Waals surface area (Å²) in [5.74, 6) is 1.18. The van der Waals surface area contributed by atoms with E-state index in [0.717, 1.165) is 0 Å². The smallest absolute Gasteiger partial charge is 0.242 e. The zero-order chi connectivity index (χ0) is 12.8. The number of hydrogen-bond donors (Lipinski definition) is 2. The van der Waals surface area contributed by atoms with Gasteiger partial charge < -0.3 is 15.8 Å². The van der Waals surface area contributed by atoms with Gasteiger partial charge >= 0.3 is 0 Å². The fourth-order valence-corrected chi connectivity index (χ4v) is 2.36. The predicted octanol–water partition coefficient (Wildman–Crippen LogP) is 2.59. The molecule has 1 fully saturated rings. The molecule has 0 aliphatic heterocycles. The maximum absolute atomic E-state index is 6.01. The van der Waals surface area contributed by atoms with E-state index in [1.165, 1.54) is 44.9 Å². The van der Waals surface area contributed by atoms with Crippen molar-refractivity contribution in [3.05, 3.63) is 6.33 Å². The van der Waals surface area contributed by atoms with Crippen LogP contribution in [0.25, 0.3) is 0 Å². The molecule has 0 spiro atoms. The van der Waals surface area contributed by atoms with Crippen molar-refractivity contribution in [1.82, 2.24) is 9.97 Å². The molecule has 2 rings (SSSR count). The van der Waals surface area contributed by atoms with Crippen LogP contribution in [-0.2, 0) is 0 Å². The maximum Gasteiger partial charge on any atom is 0.242 e. The molecule has 1 saturated carbocycles. The number of nitrogens with zero attached hydrogens (tertiary/aromatic N) is 2. The molecule has 5 heteroatoms. The van der Waals surface area contributed by atoms with E-state index in [1.54, 1.807) is 0 Å². The van der Waals surface area contributed by atoms with Gasteiger partial charge in [-0.2, -0.15) is 4.98 Å². The van der Waals surface area contributed by atoms with E-state index in [-0.39, 0.29) is 0 Å². The molecule has 0 aromatic carbocycles. The third kappa shape index (κ3) is 3.24. The second kappa shape index (κ2) is 6.42. The second-order valence-corrected chi connectivity index (χ2v) is 4.71. The third-order valence-electron chi connectivity index (χ3n) is 3.32. The first kappa shape index (κ1) is 12.9. The first-order valence-electron chi connectivity index (χ1n) is 6.81. The highest BCUT2D eigenvalue weighted by Gasteiger charge is 2.15. The largest absolute Gasteiger partial charge is 0.476 e. The van der Waals surface area contributed by atoms with Gasteiger partial charge in [0.25, 0.3) is 0 Å². The average Bonchev–Trinajstić information content (AvgIpc) is 2.63. The topological polar surface area (TPSA) is 73.1 Å². The molecule has 1 aliphatic rings. The standard InChI is InChI=1S/C13H22N4O/c1-2-18-13-11(14)12(15-9-16-13)17-10-7-5-3-4-6-8-10/h9-10H,2-8,14H2,1H3,(H,15,16,17). The molecule has 1 aromatic rings. The van der Waals surface area contributed by atoms with Crippen molar-refractivity contribution in [1.29, 1.82) is 0 Å². The van der Waals surface area contributed by atoms with Crippen LogP contribution in [0.3, 0.4) is 0 Å². The van der Waals surface area contributed by atoms with Crippen LogP contribution in [0.5, 0.6) is 5.88 Å². The Labute approximate surface area is 108 Å². The summed E-state index contributed by atoms with van der Waals surface area (Å²) in [7, 11) is 0. The number of anilines is 2. The molecule has 0 bridgehead atoms. The Balaban J connectivity index is 2.05. The molecule has 100 valence electrons. The van der Waals surface area contributed by atoms with E-state index in [0.29, 0.717) is 30.0 Å². The van der Waals surface area contributed by atoms with Crippen molar-refractivity contribution in [2.24, 2.45) is 0 Å². The summed E-state index contributed by atoms with van der Waals surface area (Å²) in [4.78, 5) is 8.26. The Morgan fingerprint density at radius 3 is 2.67 bits per heavy atom. The van der Waals surface area contributed by atoms with Crippen molar-refractivity contribution in [2.75, 3.05) is 17.7 Å². The SMILES string of the molecule is CCOc1ncnc(NC2CCCCCC2)c1N. The highest BCUT2D eigenvalue weighted by molar-refractivity contribution is 5.66. The Bertz CT molecular complexity index is 375. The van der Waals surface area contributed by atoms with Crippen molar-refractivity contribution in [2.45, 2.75) is 51.5 Å². The molecular weight excluding hydrogens is 228 g/mol. The van der Waals surface area contributed by atoms with E-state index < -0.39 is 0 Å². The lowest BCUT2D eigenvalue weighted by atomic mass is 10.1. The number of nitrogens with two attached hydrogens (primary N) is 1. The molecule has 0 unspecified atom stereocenters. The number of aromatic nitrogens is 2. The van der Waals surface area contributed by atoms with E-state index in [1.807, 2.05) is 6.92 Å². The van der Waals surface area contributed by atoms with Crippen LogP contribution in [0.1, 0.15) is 45.4 Å². The maximum atomic E-state index is 6.01. The van der Waals surface area contributed by atoms with Gasteiger partial charge in [0, 0.05) is 6.04 Å². The molecule has 0 saturated heterocycles. The number of nitrogen functional groups attached to an aromatic ring is 1. The fraction of sp³-hybridized carbons (Fsp3) is 0.692. The Morgan fingerprint density at radius 1 is 1.28 bits per heavy atom. The van der Waals surface area contributed by atoms with E-state index in [4.69, 9.17) is 10.5 Å². The summed E-state index contributed by atoms with van der Waals surface area (Å²) in [6, 6.07) is 0.471. The van der Waals surface area contributed by atoms with Crippen LogP contribution in [0.2, 0.25) is 0 Å². The first-order valence-corrected chi connectivity index (χ1v) is 6.81. The summed E-state index contributed by atoms with van der Waals surface area (Å²) in [6.07, 6.45) is 9.10. The van der Waals surface area contributed by atoms with E-state index in [9.17, 15) is 0 Å². The monoisotopic (exact) mass is 250 g/mol. The van der Waals surface area contributed by atoms with Gasteiger partial charge in [-0.15, -0.1) is 0 Å². The summed E-state index contributed by atoms with van der Waals surface area (Å²) in [6.45, 7) is 2.48. The van der Waals surface area contributed by atoms with Crippen molar-refractivity contribution in [3.8, 4) is 5.88 Å². The molecule has 0 amide bonds. The van der Waals surface area contributed by atoms with Gasteiger partial charge in [-0.3, -0.25) is 0 Å². The van der Waals surface area contributed by atoms with Crippen LogP contribution in [0, 0.1) is 0 Å². The zero-order valence-electron chi connectivity index (χ0n) is 11.0. The van der Waals surface area contributed by atoms with Crippen LogP contribution in [0.4, 0.5) is 11.5 Å². The molecule has 0 radical (unpaired) electrons. The summed E-state index contributed by atoms with van der Waals surface area (Å²) in [5, 5.41) is 3.43. The van der Waals surface area contributed by atoms with Crippen molar-refractivity contribution < 1.29 is 4.74 Å². The van der Waals surface area contributed by atoms with Crippen LogP contribution in [0.15, 0.2) is 6.33 Å². The number of nitrogens with one attached hydrogen (secondary N) is 1. The van der Waals surface area contributed by atoms with Gasteiger partial charge in [0.05, 0.1) is 6.61 Å². The summed E-state index contributed by atoms with van der Waals surface area (Å²) >= 11 is 0. The van der Waals surface area contributed by atoms with Gasteiger partial charge in [0.2, 0.25) is 5.88 Å². The minimum atomic E-state index is 0.471. The van der Waals surface area contributed by atoms with Gasteiger partial charge in [0.1, 0.15) is 12.0 Å². The molecular formula is C13H22N4O. The fourth-order valence-electron chi connectivity index (χ4n) is 2.36. The van der Waals surface area contributed by atoms with Gasteiger partial charge in [-0.1, -0.05) is 25.7 Å². The number of rotatable bonds is 4. The molecule has 1 heterocycles. The predicted molar refractivity (Wildman–Crippen MR) is 72.7 cm³/mol. The first-order chi connectivity index (χ1) is 8.81. The molecule has 1 aliphatic carbocycles. The van der Waals surface area contributed by atoms with E-state index in [2.05, 4.69) is 15.3 Å². The van der Waals surface area contributed by atoms with Crippen LogP contribution in [-0.4, -0.2) is 22.6 Å². The Hall–Kier alpha value is -1.52. The second-order valence-electron chi connectivity index (χ2n) is 4.71. The van der Waals surface area contributed by atoms with E-state index >= 15 is 0 Å². The quantitative estimate of drug-likeness (QED) is 0.803. The highest BCUT2D eigenvalue weighted by atomic mass is 16.5. The lowest BCUT2D eigenvalue weighted by Crippen LogP contribution is -2.20. The zero-order valence-corrected chi connectivity index (χ0v) is 11.0. The molecule has 18 heavy (non-hydrogen) atoms. The molecule has 1 aromatic heterocycles. The Morgan fingerprint density at radius 2 is 2.00 bits per heavy atom.